The largest absolute Gasteiger partial charge is 0.356 e. The molecule has 0 N–H and O–H groups in total. The number of dihydropyridines is 1. The lowest BCUT2D eigenvalue weighted by Crippen LogP contribution is -2.17. The molecule has 1 aliphatic heterocycles. The van der Waals surface area contributed by atoms with Gasteiger partial charge in [-0.05, 0) is 37.7 Å². The third-order valence-electron chi connectivity index (χ3n) is 3.06. The number of allylic oxidation sites excluding steroid dienone is 1. The fraction of sp³-hybridized carbons (Fsp3) is 0.750. The molecule has 1 aliphatic carbocycles. The van der Waals surface area contributed by atoms with E-state index in [9.17, 15) is 0 Å². The van der Waals surface area contributed by atoms with Gasteiger partial charge in [-0.2, -0.15) is 0 Å². The van der Waals surface area contributed by atoms with Gasteiger partial charge in [-0.1, -0.05) is 12.5 Å². The molecule has 2 rings (SSSR count). The van der Waals surface area contributed by atoms with Crippen molar-refractivity contribution in [3.63, 3.8) is 0 Å². The van der Waals surface area contributed by atoms with E-state index in [0.717, 1.165) is 25.4 Å². The van der Waals surface area contributed by atoms with Crippen molar-refractivity contribution < 1.29 is 4.74 Å². The summed E-state index contributed by atoms with van der Waals surface area (Å²) in [5.74, 6) is 0.835. The summed E-state index contributed by atoms with van der Waals surface area (Å²) in [6.45, 7) is 5.26. The van der Waals surface area contributed by atoms with Gasteiger partial charge in [0.2, 0.25) is 0 Å². The van der Waals surface area contributed by atoms with E-state index in [1.165, 1.54) is 24.0 Å². The van der Waals surface area contributed by atoms with Crippen LogP contribution in [0.25, 0.3) is 0 Å². The minimum Gasteiger partial charge on any atom is -0.356 e. The lowest BCUT2D eigenvalue weighted by Gasteiger charge is -2.20. The first-order chi connectivity index (χ1) is 6.79. The number of hydrogen-bond acceptors (Lipinski definition) is 2. The zero-order valence-corrected chi connectivity index (χ0v) is 9.12. The molecule has 0 aromatic carbocycles. The first-order valence-corrected chi connectivity index (χ1v) is 5.63. The molecule has 1 unspecified atom stereocenters. The summed E-state index contributed by atoms with van der Waals surface area (Å²) in [7, 11) is 0. The molecular weight excluding hydrogens is 174 g/mol. The second kappa shape index (κ2) is 4.26. The Balaban J connectivity index is 1.82. The van der Waals surface area contributed by atoms with Gasteiger partial charge in [0.1, 0.15) is 0 Å². The van der Waals surface area contributed by atoms with Gasteiger partial charge >= 0.3 is 0 Å². The van der Waals surface area contributed by atoms with Gasteiger partial charge in [0.15, 0.2) is 6.23 Å². The topological polar surface area (TPSA) is 21.6 Å². The summed E-state index contributed by atoms with van der Waals surface area (Å²) < 4.78 is 5.76. The molecule has 1 atom stereocenters. The smallest absolute Gasteiger partial charge is 0.151 e. The molecular formula is C12H19NO. The van der Waals surface area contributed by atoms with Crippen LogP contribution in [0.2, 0.25) is 0 Å². The van der Waals surface area contributed by atoms with Crippen LogP contribution in [0.5, 0.6) is 0 Å². The van der Waals surface area contributed by atoms with E-state index < -0.39 is 0 Å². The molecule has 0 bridgehead atoms. The SMILES string of the molecule is CCC1=C(C)C=NC(OCC2CC2)C1. The van der Waals surface area contributed by atoms with Crippen LogP contribution in [0.15, 0.2) is 16.1 Å². The fourth-order valence-corrected chi connectivity index (χ4v) is 1.77. The van der Waals surface area contributed by atoms with Crippen molar-refractivity contribution in [2.45, 2.75) is 45.8 Å². The maximum Gasteiger partial charge on any atom is 0.151 e. The Morgan fingerprint density at radius 3 is 2.93 bits per heavy atom. The Hall–Kier alpha value is -0.630. The van der Waals surface area contributed by atoms with Gasteiger partial charge in [0.05, 0.1) is 6.61 Å². The fourth-order valence-electron chi connectivity index (χ4n) is 1.77. The summed E-state index contributed by atoms with van der Waals surface area (Å²) >= 11 is 0. The van der Waals surface area contributed by atoms with Crippen molar-refractivity contribution in [1.82, 2.24) is 0 Å². The van der Waals surface area contributed by atoms with Crippen molar-refractivity contribution in [1.29, 1.82) is 0 Å². The van der Waals surface area contributed by atoms with E-state index in [-0.39, 0.29) is 6.23 Å². The first kappa shape index (κ1) is 9.91. The van der Waals surface area contributed by atoms with Gasteiger partial charge in [0.25, 0.3) is 0 Å². The summed E-state index contributed by atoms with van der Waals surface area (Å²) in [4.78, 5) is 4.40. The standard InChI is InChI=1S/C12H19NO/c1-3-11-6-12(13-7-9(11)2)14-8-10-4-5-10/h7,10,12H,3-6,8H2,1-2H3. The molecule has 1 fully saturated rings. The average molecular weight is 193 g/mol. The van der Waals surface area contributed by atoms with E-state index in [1.807, 2.05) is 6.21 Å². The molecule has 1 heterocycles. The second-order valence-corrected chi connectivity index (χ2v) is 4.35. The van der Waals surface area contributed by atoms with Crippen LogP contribution in [-0.2, 0) is 4.74 Å². The number of hydrogen-bond donors (Lipinski definition) is 0. The maximum atomic E-state index is 5.76. The van der Waals surface area contributed by atoms with E-state index in [4.69, 9.17) is 4.74 Å². The van der Waals surface area contributed by atoms with Crippen molar-refractivity contribution >= 4 is 6.21 Å². The Labute approximate surface area is 86.1 Å². The highest BCUT2D eigenvalue weighted by Gasteiger charge is 2.23. The zero-order valence-electron chi connectivity index (χ0n) is 9.12. The van der Waals surface area contributed by atoms with Gasteiger partial charge < -0.3 is 4.74 Å². The lowest BCUT2D eigenvalue weighted by atomic mass is 10.0. The van der Waals surface area contributed by atoms with E-state index in [1.54, 1.807) is 0 Å². The van der Waals surface area contributed by atoms with Crippen LogP contribution in [0.1, 0.15) is 39.5 Å². The van der Waals surface area contributed by atoms with Gasteiger partial charge in [-0.15, -0.1) is 0 Å². The zero-order chi connectivity index (χ0) is 9.97. The Morgan fingerprint density at radius 1 is 1.50 bits per heavy atom. The molecule has 14 heavy (non-hydrogen) atoms. The minimum atomic E-state index is 0.106. The molecule has 78 valence electrons. The van der Waals surface area contributed by atoms with Gasteiger partial charge in [-0.3, -0.25) is 4.99 Å². The summed E-state index contributed by atoms with van der Waals surface area (Å²) in [5.41, 5.74) is 2.83. The van der Waals surface area contributed by atoms with Crippen molar-refractivity contribution in [2.24, 2.45) is 10.9 Å². The molecule has 0 aromatic rings. The summed E-state index contributed by atoms with van der Waals surface area (Å²) in [6.07, 6.45) is 6.92. The number of ether oxygens (including phenoxy) is 1. The van der Waals surface area contributed by atoms with E-state index >= 15 is 0 Å². The van der Waals surface area contributed by atoms with Crippen molar-refractivity contribution in [3.05, 3.63) is 11.1 Å². The summed E-state index contributed by atoms with van der Waals surface area (Å²) in [6, 6.07) is 0. The van der Waals surface area contributed by atoms with Crippen LogP contribution in [0, 0.1) is 5.92 Å². The quantitative estimate of drug-likeness (QED) is 0.672. The van der Waals surface area contributed by atoms with Gasteiger partial charge in [-0.25, -0.2) is 0 Å². The normalized spacial score (nSPS) is 27.1. The molecule has 0 radical (unpaired) electrons. The maximum absolute atomic E-state index is 5.76. The van der Waals surface area contributed by atoms with Crippen LogP contribution >= 0.6 is 0 Å². The second-order valence-electron chi connectivity index (χ2n) is 4.35. The Morgan fingerprint density at radius 2 is 2.29 bits per heavy atom. The molecule has 0 amide bonds. The lowest BCUT2D eigenvalue weighted by molar-refractivity contribution is 0.0513. The first-order valence-electron chi connectivity index (χ1n) is 5.63. The molecule has 0 aromatic heterocycles. The van der Waals surface area contributed by atoms with Gasteiger partial charge in [0, 0.05) is 12.6 Å². The third-order valence-corrected chi connectivity index (χ3v) is 3.06. The molecule has 2 aliphatic rings. The number of rotatable bonds is 4. The summed E-state index contributed by atoms with van der Waals surface area (Å²) in [5, 5.41) is 0. The third kappa shape index (κ3) is 2.44. The number of nitrogens with zero attached hydrogens (tertiary/aromatic N) is 1. The average Bonchev–Trinajstić information content (AvgIpc) is 3.00. The van der Waals surface area contributed by atoms with Crippen LogP contribution < -0.4 is 0 Å². The monoisotopic (exact) mass is 193 g/mol. The highest BCUT2D eigenvalue weighted by atomic mass is 16.5. The predicted molar refractivity (Wildman–Crippen MR) is 58.6 cm³/mol. The van der Waals surface area contributed by atoms with E-state index in [2.05, 4.69) is 18.8 Å². The van der Waals surface area contributed by atoms with Crippen molar-refractivity contribution in [2.75, 3.05) is 6.61 Å². The van der Waals surface area contributed by atoms with Crippen molar-refractivity contribution in [3.8, 4) is 0 Å². The molecule has 1 saturated carbocycles. The highest BCUT2D eigenvalue weighted by Crippen LogP contribution is 2.30. The highest BCUT2D eigenvalue weighted by molar-refractivity contribution is 5.79. The minimum absolute atomic E-state index is 0.106. The molecule has 0 saturated heterocycles. The molecule has 2 heteroatoms. The Kier molecular flexibility index (Phi) is 3.02. The molecule has 0 spiro atoms. The van der Waals surface area contributed by atoms with Crippen LogP contribution in [0.4, 0.5) is 0 Å². The predicted octanol–water partition coefficient (Wildman–Crippen LogP) is 2.94. The van der Waals surface area contributed by atoms with Crippen LogP contribution in [-0.4, -0.2) is 19.0 Å². The molecule has 2 nitrogen and oxygen atoms in total. The van der Waals surface area contributed by atoms with E-state index in [0.29, 0.717) is 0 Å². The Bertz CT molecular complexity index is 263. The van der Waals surface area contributed by atoms with Crippen LogP contribution in [0.3, 0.4) is 0 Å². The number of aliphatic imine (C=N–C) groups is 1.